The van der Waals surface area contributed by atoms with Crippen LogP contribution in [0.15, 0.2) is 18.3 Å². The quantitative estimate of drug-likeness (QED) is 0.646. The van der Waals surface area contributed by atoms with Crippen LogP contribution in [0.3, 0.4) is 0 Å². The lowest BCUT2D eigenvalue weighted by Crippen LogP contribution is -1.87. The van der Waals surface area contributed by atoms with Crippen LogP contribution in [0, 0.1) is 11.3 Å². The van der Waals surface area contributed by atoms with Gasteiger partial charge in [-0.15, -0.1) is 0 Å². The Bertz CT molecular complexity index is 545. The van der Waals surface area contributed by atoms with Crippen molar-refractivity contribution < 1.29 is 0 Å². The molecule has 0 bridgehead atoms. The van der Waals surface area contributed by atoms with E-state index < -0.39 is 0 Å². The number of pyridine rings is 2. The molecule has 5 heteroatoms. The highest BCUT2D eigenvalue weighted by Gasteiger charge is 2.05. The first-order valence-corrected chi connectivity index (χ1v) is 4.48. The third-order valence-electron chi connectivity index (χ3n) is 1.71. The Labute approximate surface area is 89.9 Å². The van der Waals surface area contributed by atoms with Gasteiger partial charge in [0.1, 0.15) is 11.2 Å². The first-order chi connectivity index (χ1) is 6.70. The number of rotatable bonds is 0. The first-order valence-electron chi connectivity index (χ1n) is 3.72. The van der Waals surface area contributed by atoms with E-state index in [4.69, 9.17) is 28.5 Å². The van der Waals surface area contributed by atoms with Gasteiger partial charge >= 0.3 is 0 Å². The summed E-state index contributed by atoms with van der Waals surface area (Å²) in [5.74, 6) is 0. The minimum Gasteiger partial charge on any atom is -0.235 e. The van der Waals surface area contributed by atoms with Crippen LogP contribution >= 0.6 is 23.2 Å². The minimum atomic E-state index is 0.162. The van der Waals surface area contributed by atoms with E-state index in [1.807, 2.05) is 6.07 Å². The van der Waals surface area contributed by atoms with Crippen LogP contribution in [0.25, 0.3) is 11.0 Å². The first kappa shape index (κ1) is 9.20. The van der Waals surface area contributed by atoms with E-state index in [0.717, 1.165) is 0 Å². The van der Waals surface area contributed by atoms with Crippen LogP contribution in [-0.2, 0) is 0 Å². The van der Waals surface area contributed by atoms with Crippen LogP contribution < -0.4 is 0 Å². The monoisotopic (exact) mass is 223 g/mol. The molecule has 0 aliphatic rings. The average molecular weight is 224 g/mol. The molecule has 2 aromatic heterocycles. The van der Waals surface area contributed by atoms with E-state index in [-0.39, 0.29) is 5.15 Å². The molecule has 2 rings (SSSR count). The van der Waals surface area contributed by atoms with Crippen LogP contribution in [0.4, 0.5) is 0 Å². The summed E-state index contributed by atoms with van der Waals surface area (Å²) in [4.78, 5) is 7.94. The molecule has 0 amide bonds. The van der Waals surface area contributed by atoms with Gasteiger partial charge in [-0.05, 0) is 12.1 Å². The molecule has 0 N–H and O–H groups in total. The van der Waals surface area contributed by atoms with Gasteiger partial charge in [0.15, 0.2) is 5.65 Å². The van der Waals surface area contributed by atoms with Crippen molar-refractivity contribution >= 4 is 34.2 Å². The predicted molar refractivity (Wildman–Crippen MR) is 54.3 cm³/mol. The van der Waals surface area contributed by atoms with Crippen molar-refractivity contribution in [1.29, 1.82) is 5.26 Å². The summed E-state index contributed by atoms with van der Waals surface area (Å²) < 4.78 is 0. The van der Waals surface area contributed by atoms with Gasteiger partial charge in [0, 0.05) is 11.6 Å². The van der Waals surface area contributed by atoms with Gasteiger partial charge in [0.2, 0.25) is 0 Å². The molecule has 0 unspecified atom stereocenters. The van der Waals surface area contributed by atoms with Crippen molar-refractivity contribution in [1.82, 2.24) is 9.97 Å². The summed E-state index contributed by atoms with van der Waals surface area (Å²) in [5.41, 5.74) is 0.807. The smallest absolute Gasteiger partial charge is 0.161 e. The lowest BCUT2D eigenvalue weighted by Gasteiger charge is -1.98. The Morgan fingerprint density at radius 1 is 1.29 bits per heavy atom. The molecule has 0 atom stereocenters. The second kappa shape index (κ2) is 3.41. The van der Waals surface area contributed by atoms with E-state index in [1.54, 1.807) is 12.1 Å². The lowest BCUT2D eigenvalue weighted by atomic mass is 10.2. The Morgan fingerprint density at radius 3 is 2.79 bits per heavy atom. The lowest BCUT2D eigenvalue weighted by molar-refractivity contribution is 1.27. The third kappa shape index (κ3) is 1.50. The summed E-state index contributed by atoms with van der Waals surface area (Å²) in [5, 5.41) is 10.1. The SMILES string of the molecule is N#Cc1cc2cc(Cl)cnc2nc1Cl. The number of hydrogen-bond acceptors (Lipinski definition) is 3. The molecule has 0 spiro atoms. The molecule has 0 fully saturated rings. The summed E-state index contributed by atoms with van der Waals surface area (Å²) >= 11 is 11.5. The number of nitriles is 1. The zero-order chi connectivity index (χ0) is 10.1. The van der Waals surface area contributed by atoms with Gasteiger partial charge in [-0.1, -0.05) is 23.2 Å². The second-order valence-corrected chi connectivity index (χ2v) is 3.43. The third-order valence-corrected chi connectivity index (χ3v) is 2.20. The van der Waals surface area contributed by atoms with Gasteiger partial charge in [-0.3, -0.25) is 0 Å². The molecule has 2 heterocycles. The number of hydrogen-bond donors (Lipinski definition) is 0. The summed E-state index contributed by atoms with van der Waals surface area (Å²) in [7, 11) is 0. The van der Waals surface area contributed by atoms with Gasteiger partial charge in [-0.2, -0.15) is 5.26 Å². The van der Waals surface area contributed by atoms with E-state index in [0.29, 0.717) is 21.6 Å². The Balaban J connectivity index is 2.82. The molecule has 0 saturated carbocycles. The normalized spacial score (nSPS) is 10.1. The highest BCUT2D eigenvalue weighted by atomic mass is 35.5. The number of nitrogens with zero attached hydrogens (tertiary/aromatic N) is 3. The van der Waals surface area contributed by atoms with E-state index in [1.165, 1.54) is 6.20 Å². The highest BCUT2D eigenvalue weighted by Crippen LogP contribution is 2.20. The molecule has 0 saturated heterocycles. The van der Waals surface area contributed by atoms with Gasteiger partial charge < -0.3 is 0 Å². The van der Waals surface area contributed by atoms with Crippen molar-refractivity contribution in [2.24, 2.45) is 0 Å². The van der Waals surface area contributed by atoms with Crippen molar-refractivity contribution in [3.05, 3.63) is 34.1 Å². The maximum atomic E-state index is 8.72. The largest absolute Gasteiger partial charge is 0.235 e. The molecule has 14 heavy (non-hydrogen) atoms. The molecule has 0 aliphatic carbocycles. The minimum absolute atomic E-state index is 0.162. The van der Waals surface area contributed by atoms with Crippen LogP contribution in [0.5, 0.6) is 0 Å². The second-order valence-electron chi connectivity index (χ2n) is 2.64. The zero-order valence-electron chi connectivity index (χ0n) is 6.83. The summed E-state index contributed by atoms with van der Waals surface area (Å²) in [6.45, 7) is 0. The summed E-state index contributed by atoms with van der Waals surface area (Å²) in [6.07, 6.45) is 1.49. The molecule has 68 valence electrons. The molecular formula is C9H3Cl2N3. The molecule has 0 aliphatic heterocycles. The van der Waals surface area contributed by atoms with E-state index >= 15 is 0 Å². The van der Waals surface area contributed by atoms with Crippen molar-refractivity contribution in [2.75, 3.05) is 0 Å². The number of aromatic nitrogens is 2. The van der Waals surface area contributed by atoms with Crippen LogP contribution in [0.1, 0.15) is 5.56 Å². The van der Waals surface area contributed by atoms with E-state index in [9.17, 15) is 0 Å². The standard InChI is InChI=1S/C9H3Cl2N3/c10-7-2-5-1-6(3-12)8(11)14-9(5)13-4-7/h1-2,4H. The van der Waals surface area contributed by atoms with Gasteiger partial charge in [0.05, 0.1) is 10.6 Å². The highest BCUT2D eigenvalue weighted by molar-refractivity contribution is 6.32. The number of fused-ring (bicyclic) bond motifs is 1. The Morgan fingerprint density at radius 2 is 2.07 bits per heavy atom. The zero-order valence-corrected chi connectivity index (χ0v) is 8.34. The summed E-state index contributed by atoms with van der Waals surface area (Å²) in [6, 6.07) is 5.24. The molecule has 0 radical (unpaired) electrons. The molecule has 2 aromatic rings. The van der Waals surface area contributed by atoms with Gasteiger partial charge in [-0.25, -0.2) is 9.97 Å². The Hall–Kier alpha value is -1.37. The van der Waals surface area contributed by atoms with E-state index in [2.05, 4.69) is 9.97 Å². The van der Waals surface area contributed by atoms with Crippen LogP contribution in [-0.4, -0.2) is 9.97 Å². The number of halogens is 2. The fourth-order valence-electron chi connectivity index (χ4n) is 1.09. The van der Waals surface area contributed by atoms with Crippen molar-refractivity contribution in [3.8, 4) is 6.07 Å². The van der Waals surface area contributed by atoms with Crippen molar-refractivity contribution in [3.63, 3.8) is 0 Å². The average Bonchev–Trinajstić information content (AvgIpc) is 2.17. The van der Waals surface area contributed by atoms with Gasteiger partial charge in [0.25, 0.3) is 0 Å². The topological polar surface area (TPSA) is 49.6 Å². The molecule has 0 aromatic carbocycles. The fourth-order valence-corrected chi connectivity index (χ4v) is 1.44. The van der Waals surface area contributed by atoms with Crippen LogP contribution in [0.2, 0.25) is 10.2 Å². The maximum Gasteiger partial charge on any atom is 0.161 e. The fraction of sp³-hybridized carbons (Fsp3) is 0. The van der Waals surface area contributed by atoms with Crippen molar-refractivity contribution in [2.45, 2.75) is 0 Å². The predicted octanol–water partition coefficient (Wildman–Crippen LogP) is 2.81. The Kier molecular flexibility index (Phi) is 2.24. The maximum absolute atomic E-state index is 8.72. The molecule has 3 nitrogen and oxygen atoms in total. The molecular weight excluding hydrogens is 221 g/mol.